The molecule has 1 heterocycles. The SMILES string of the molecule is CC(C)(C)c1cc2c(c(C(C)(C)C)c1)O[P+](C)(C)Oc1c(cc(C(C)(C)C)cc1C(C)(C)C)C2. The highest BCUT2D eigenvalue weighted by molar-refractivity contribution is 7.65. The van der Waals surface area contributed by atoms with E-state index in [1.54, 1.807) is 0 Å². The average molecular weight is 484 g/mol. The lowest BCUT2D eigenvalue weighted by atomic mass is 9.76. The van der Waals surface area contributed by atoms with Gasteiger partial charge >= 0.3 is 7.72 Å². The molecule has 0 aromatic heterocycles. The Labute approximate surface area is 210 Å². The van der Waals surface area contributed by atoms with E-state index in [0.29, 0.717) is 0 Å². The van der Waals surface area contributed by atoms with Crippen molar-refractivity contribution in [2.45, 2.75) is 111 Å². The minimum absolute atomic E-state index is 0.0306. The van der Waals surface area contributed by atoms with Crippen LogP contribution in [0.3, 0.4) is 0 Å². The van der Waals surface area contributed by atoms with Crippen LogP contribution in [0.1, 0.15) is 116 Å². The number of fused-ring (bicyclic) bond motifs is 2. The normalized spacial score (nSPS) is 16.5. The molecule has 2 aromatic rings. The van der Waals surface area contributed by atoms with E-state index >= 15 is 0 Å². The lowest BCUT2D eigenvalue weighted by Gasteiger charge is -2.34. The van der Waals surface area contributed by atoms with Gasteiger partial charge in [-0.1, -0.05) is 107 Å². The Balaban J connectivity index is 2.42. The highest BCUT2D eigenvalue weighted by atomic mass is 31.2. The summed E-state index contributed by atoms with van der Waals surface area (Å²) >= 11 is 0. The topological polar surface area (TPSA) is 18.5 Å². The first-order valence-corrected chi connectivity index (χ1v) is 15.2. The van der Waals surface area contributed by atoms with Crippen molar-refractivity contribution in [2.24, 2.45) is 0 Å². The summed E-state index contributed by atoms with van der Waals surface area (Å²) < 4.78 is 13.7. The van der Waals surface area contributed by atoms with Crippen LogP contribution in [-0.2, 0) is 28.1 Å². The monoisotopic (exact) mass is 483 g/mol. The molecule has 0 fully saturated rings. The van der Waals surface area contributed by atoms with Crippen molar-refractivity contribution in [3.63, 3.8) is 0 Å². The van der Waals surface area contributed by atoms with Crippen LogP contribution in [0.25, 0.3) is 0 Å². The Morgan fingerprint density at radius 1 is 0.529 bits per heavy atom. The Morgan fingerprint density at radius 3 is 1.12 bits per heavy atom. The number of hydrogen-bond acceptors (Lipinski definition) is 2. The third-order valence-corrected chi connectivity index (χ3v) is 7.93. The molecule has 2 aromatic carbocycles. The van der Waals surface area contributed by atoms with Crippen LogP contribution in [0.5, 0.6) is 11.5 Å². The van der Waals surface area contributed by atoms with E-state index in [4.69, 9.17) is 9.05 Å². The van der Waals surface area contributed by atoms with Crippen LogP contribution in [0, 0.1) is 0 Å². The minimum Gasteiger partial charge on any atom is -0.310 e. The molecule has 0 aliphatic carbocycles. The van der Waals surface area contributed by atoms with Crippen LogP contribution < -0.4 is 9.05 Å². The molecule has 0 radical (unpaired) electrons. The molecular weight excluding hydrogens is 435 g/mol. The van der Waals surface area contributed by atoms with Gasteiger partial charge in [0.15, 0.2) is 11.5 Å². The lowest BCUT2D eigenvalue weighted by Crippen LogP contribution is -2.23. The summed E-state index contributed by atoms with van der Waals surface area (Å²) in [6, 6.07) is 9.52. The smallest absolute Gasteiger partial charge is 0.310 e. The van der Waals surface area contributed by atoms with Crippen LogP contribution in [0.4, 0.5) is 0 Å². The summed E-state index contributed by atoms with van der Waals surface area (Å²) in [7, 11) is -2.18. The third-order valence-electron chi connectivity index (χ3n) is 6.68. The summed E-state index contributed by atoms with van der Waals surface area (Å²) in [6.45, 7) is 31.8. The maximum absolute atomic E-state index is 6.86. The molecular formula is C31H48O2P+. The Morgan fingerprint density at radius 2 is 0.853 bits per heavy atom. The second kappa shape index (κ2) is 8.26. The Hall–Kier alpha value is -1.53. The van der Waals surface area contributed by atoms with Crippen LogP contribution in [-0.4, -0.2) is 13.3 Å². The molecule has 0 saturated heterocycles. The quantitative estimate of drug-likeness (QED) is 0.348. The molecule has 1 aliphatic heterocycles. The van der Waals surface area contributed by atoms with Gasteiger partial charge in [-0.15, -0.1) is 0 Å². The van der Waals surface area contributed by atoms with Crippen LogP contribution in [0.2, 0.25) is 0 Å². The van der Waals surface area contributed by atoms with E-state index in [0.717, 1.165) is 17.9 Å². The molecule has 3 rings (SSSR count). The maximum atomic E-state index is 6.86. The molecule has 1 aliphatic rings. The van der Waals surface area contributed by atoms with E-state index in [1.165, 1.54) is 33.4 Å². The molecule has 0 N–H and O–H groups in total. The molecule has 3 heteroatoms. The minimum atomic E-state index is -2.18. The first-order chi connectivity index (χ1) is 15.1. The van der Waals surface area contributed by atoms with Gasteiger partial charge < -0.3 is 9.05 Å². The maximum Gasteiger partial charge on any atom is 0.358 e. The zero-order valence-corrected chi connectivity index (χ0v) is 25.2. The van der Waals surface area contributed by atoms with Gasteiger partial charge in [0.25, 0.3) is 0 Å². The van der Waals surface area contributed by atoms with Crippen molar-refractivity contribution >= 4 is 7.72 Å². The zero-order valence-electron chi connectivity index (χ0n) is 24.3. The van der Waals surface area contributed by atoms with Crippen LogP contribution >= 0.6 is 7.72 Å². The molecule has 34 heavy (non-hydrogen) atoms. The van der Waals surface area contributed by atoms with Crippen molar-refractivity contribution in [1.82, 2.24) is 0 Å². The molecule has 188 valence electrons. The van der Waals surface area contributed by atoms with Gasteiger partial charge in [0.1, 0.15) is 13.3 Å². The number of hydrogen-bond donors (Lipinski definition) is 0. The largest absolute Gasteiger partial charge is 0.358 e. The van der Waals surface area contributed by atoms with Gasteiger partial charge in [-0.05, 0) is 32.8 Å². The summed E-state index contributed by atoms with van der Waals surface area (Å²) in [5.74, 6) is 2.06. The lowest BCUT2D eigenvalue weighted by molar-refractivity contribution is 0.435. The Bertz CT molecular complexity index is 995. The van der Waals surface area contributed by atoms with Crippen molar-refractivity contribution in [3.05, 3.63) is 57.6 Å². The predicted molar refractivity (Wildman–Crippen MR) is 151 cm³/mol. The van der Waals surface area contributed by atoms with Gasteiger partial charge in [-0.25, -0.2) is 0 Å². The molecule has 0 atom stereocenters. The number of rotatable bonds is 0. The molecule has 0 amide bonds. The highest BCUT2D eigenvalue weighted by Crippen LogP contribution is 2.59. The van der Waals surface area contributed by atoms with Gasteiger partial charge in [0.05, 0.1) is 0 Å². The molecule has 0 saturated carbocycles. The third kappa shape index (κ3) is 5.64. The summed E-state index contributed by atoms with van der Waals surface area (Å²) in [5, 5.41) is 0. The van der Waals surface area contributed by atoms with E-state index < -0.39 is 7.72 Å². The van der Waals surface area contributed by atoms with Gasteiger partial charge in [0.2, 0.25) is 0 Å². The second-order valence-corrected chi connectivity index (χ2v) is 17.5. The first kappa shape index (κ1) is 27.1. The molecule has 2 nitrogen and oxygen atoms in total. The summed E-state index contributed by atoms with van der Waals surface area (Å²) in [6.07, 6.45) is 0.810. The standard InChI is InChI=1S/C31H48O2P/c1-28(2,3)22-16-20-15-21-17-23(29(4,5)6)19-25(31(10,11)12)27(21)33-34(13,14)32-26(20)24(18-22)30(7,8)9/h16-19H,15H2,1-14H3/q+1. The van der Waals surface area contributed by atoms with E-state index in [1.807, 2.05) is 0 Å². The average Bonchev–Trinajstić information content (AvgIpc) is 2.58. The molecule has 0 bridgehead atoms. The van der Waals surface area contributed by atoms with E-state index in [9.17, 15) is 0 Å². The van der Waals surface area contributed by atoms with Crippen molar-refractivity contribution < 1.29 is 9.05 Å². The first-order valence-electron chi connectivity index (χ1n) is 12.7. The van der Waals surface area contributed by atoms with E-state index in [-0.39, 0.29) is 21.7 Å². The highest BCUT2D eigenvalue weighted by Gasteiger charge is 2.41. The van der Waals surface area contributed by atoms with Crippen LogP contribution in [0.15, 0.2) is 24.3 Å². The van der Waals surface area contributed by atoms with Gasteiger partial charge in [-0.2, -0.15) is 0 Å². The molecule has 0 spiro atoms. The summed E-state index contributed by atoms with van der Waals surface area (Å²) in [4.78, 5) is 0. The van der Waals surface area contributed by atoms with Crippen molar-refractivity contribution in [3.8, 4) is 11.5 Å². The zero-order chi connectivity index (χ0) is 26.1. The van der Waals surface area contributed by atoms with Gasteiger partial charge in [-0.3, -0.25) is 0 Å². The fourth-order valence-electron chi connectivity index (χ4n) is 4.50. The van der Waals surface area contributed by atoms with Crippen molar-refractivity contribution in [1.29, 1.82) is 0 Å². The fraction of sp³-hybridized carbons (Fsp3) is 0.613. The number of benzene rings is 2. The Kier molecular flexibility index (Phi) is 6.58. The predicted octanol–water partition coefficient (Wildman–Crippen LogP) is 9.35. The summed E-state index contributed by atoms with van der Waals surface area (Å²) in [5.41, 5.74) is 7.90. The second-order valence-electron chi connectivity index (χ2n) is 14.6. The van der Waals surface area contributed by atoms with Gasteiger partial charge in [0, 0.05) is 28.7 Å². The van der Waals surface area contributed by atoms with Crippen molar-refractivity contribution in [2.75, 3.05) is 13.3 Å². The van der Waals surface area contributed by atoms with E-state index in [2.05, 4.69) is 121 Å². The molecule has 0 unspecified atom stereocenters. The fourth-order valence-corrected chi connectivity index (χ4v) is 5.85.